The van der Waals surface area contributed by atoms with Crippen molar-refractivity contribution in [1.29, 1.82) is 0 Å². The van der Waals surface area contributed by atoms with Gasteiger partial charge in [0.2, 0.25) is 5.96 Å². The summed E-state index contributed by atoms with van der Waals surface area (Å²) in [5, 5.41) is 14.0. The minimum absolute atomic E-state index is 0. The molecule has 8 heteroatoms. The van der Waals surface area contributed by atoms with Crippen molar-refractivity contribution in [3.8, 4) is 0 Å². The second-order valence-corrected chi connectivity index (χ2v) is 6.02. The SMILES string of the molecule is Cl.NC(=NN=Cc1cnc2ccccc2c1)NN=Cc1cnc2ccccc2c1. The number of nitrogens with zero attached hydrogens (tertiary/aromatic N) is 5. The van der Waals surface area contributed by atoms with Crippen molar-refractivity contribution in [2.45, 2.75) is 0 Å². The average Bonchev–Trinajstić information content (AvgIpc) is 2.73. The van der Waals surface area contributed by atoms with Crippen LogP contribution in [-0.2, 0) is 0 Å². The number of nitrogens with one attached hydrogen (secondary N) is 1. The summed E-state index contributed by atoms with van der Waals surface area (Å²) in [7, 11) is 0. The molecule has 0 aliphatic heterocycles. The van der Waals surface area contributed by atoms with Crippen LogP contribution in [0.5, 0.6) is 0 Å². The van der Waals surface area contributed by atoms with Crippen molar-refractivity contribution < 1.29 is 0 Å². The summed E-state index contributed by atoms with van der Waals surface area (Å²) in [6, 6.07) is 19.7. The van der Waals surface area contributed by atoms with Crippen molar-refractivity contribution in [3.05, 3.63) is 84.2 Å². The molecule has 2 aromatic carbocycles. The first-order chi connectivity index (χ1) is 13.8. The molecule has 3 N–H and O–H groups in total. The van der Waals surface area contributed by atoms with E-state index in [0.29, 0.717) is 0 Å². The molecule has 0 atom stereocenters. The maximum atomic E-state index is 5.76. The summed E-state index contributed by atoms with van der Waals surface area (Å²) >= 11 is 0. The smallest absolute Gasteiger partial charge is 0.234 e. The molecule has 2 heterocycles. The number of halogens is 1. The number of benzene rings is 2. The van der Waals surface area contributed by atoms with Gasteiger partial charge < -0.3 is 5.73 Å². The molecule has 0 aliphatic carbocycles. The van der Waals surface area contributed by atoms with Gasteiger partial charge in [0.25, 0.3) is 0 Å². The highest BCUT2D eigenvalue weighted by Gasteiger charge is 1.96. The van der Waals surface area contributed by atoms with Gasteiger partial charge in [0.05, 0.1) is 23.5 Å². The van der Waals surface area contributed by atoms with Gasteiger partial charge in [-0.1, -0.05) is 36.4 Å². The maximum Gasteiger partial charge on any atom is 0.234 e. The van der Waals surface area contributed by atoms with Crippen LogP contribution in [-0.4, -0.2) is 28.4 Å². The van der Waals surface area contributed by atoms with Gasteiger partial charge in [-0.05, 0) is 24.3 Å². The van der Waals surface area contributed by atoms with E-state index < -0.39 is 0 Å². The Morgan fingerprint density at radius 1 is 0.828 bits per heavy atom. The summed E-state index contributed by atoms with van der Waals surface area (Å²) in [5.74, 6) is 0.0787. The van der Waals surface area contributed by atoms with Crippen LogP contribution in [0.2, 0.25) is 0 Å². The Balaban J connectivity index is 0.00000240. The molecule has 0 saturated heterocycles. The molecule has 4 rings (SSSR count). The van der Waals surface area contributed by atoms with Gasteiger partial charge >= 0.3 is 0 Å². The number of pyridine rings is 2. The predicted octanol–water partition coefficient (Wildman–Crippen LogP) is 3.48. The highest BCUT2D eigenvalue weighted by Crippen LogP contribution is 2.12. The Morgan fingerprint density at radius 3 is 2.00 bits per heavy atom. The molecule has 144 valence electrons. The van der Waals surface area contributed by atoms with E-state index in [2.05, 4.69) is 30.7 Å². The fraction of sp³-hybridized carbons (Fsp3) is 0. The third-order valence-corrected chi connectivity index (χ3v) is 3.99. The summed E-state index contributed by atoms with van der Waals surface area (Å²) in [6.45, 7) is 0. The summed E-state index contributed by atoms with van der Waals surface area (Å²) in [5.41, 5.74) is 12.0. The Kier molecular flexibility index (Phi) is 6.44. The van der Waals surface area contributed by atoms with Crippen LogP contribution in [0.1, 0.15) is 11.1 Å². The molecule has 0 amide bonds. The first-order valence-electron chi connectivity index (χ1n) is 8.63. The second-order valence-electron chi connectivity index (χ2n) is 6.02. The fourth-order valence-electron chi connectivity index (χ4n) is 2.67. The molecule has 0 spiro atoms. The van der Waals surface area contributed by atoms with Crippen LogP contribution in [0.4, 0.5) is 0 Å². The predicted molar refractivity (Wildman–Crippen MR) is 121 cm³/mol. The molecule has 0 unspecified atom stereocenters. The normalized spacial score (nSPS) is 11.9. The molecule has 0 saturated carbocycles. The first kappa shape index (κ1) is 19.9. The number of nitrogens with two attached hydrogens (primary N) is 1. The monoisotopic (exact) mass is 403 g/mol. The number of hydrogen-bond acceptors (Lipinski definition) is 5. The van der Waals surface area contributed by atoms with Crippen molar-refractivity contribution >= 4 is 52.6 Å². The Bertz CT molecular complexity index is 1220. The number of hydrogen-bond donors (Lipinski definition) is 2. The van der Waals surface area contributed by atoms with Crippen LogP contribution in [0, 0.1) is 0 Å². The molecule has 29 heavy (non-hydrogen) atoms. The lowest BCUT2D eigenvalue weighted by Crippen LogP contribution is -2.26. The van der Waals surface area contributed by atoms with E-state index in [9.17, 15) is 0 Å². The lowest BCUT2D eigenvalue weighted by atomic mass is 10.2. The number of fused-ring (bicyclic) bond motifs is 2. The van der Waals surface area contributed by atoms with E-state index in [4.69, 9.17) is 5.73 Å². The maximum absolute atomic E-state index is 5.76. The van der Waals surface area contributed by atoms with Crippen LogP contribution in [0.25, 0.3) is 21.8 Å². The molecular formula is C21H18ClN7. The fourth-order valence-corrected chi connectivity index (χ4v) is 2.67. The van der Waals surface area contributed by atoms with E-state index in [-0.39, 0.29) is 18.4 Å². The average molecular weight is 404 g/mol. The summed E-state index contributed by atoms with van der Waals surface area (Å²) in [6.07, 6.45) is 6.69. The number of guanidine groups is 1. The Hall–Kier alpha value is -3.84. The highest BCUT2D eigenvalue weighted by atomic mass is 35.5. The van der Waals surface area contributed by atoms with Crippen LogP contribution >= 0.6 is 12.4 Å². The van der Waals surface area contributed by atoms with Gasteiger partial charge in [-0.15, -0.1) is 17.5 Å². The number of para-hydroxylation sites is 2. The number of rotatable bonds is 4. The van der Waals surface area contributed by atoms with Gasteiger partial charge in [-0.25, -0.2) is 5.43 Å². The molecule has 0 bridgehead atoms. The Labute approximate surface area is 173 Å². The number of hydrazone groups is 1. The van der Waals surface area contributed by atoms with Crippen LogP contribution < -0.4 is 11.2 Å². The summed E-state index contributed by atoms with van der Waals surface area (Å²) in [4.78, 5) is 8.74. The molecule has 0 fully saturated rings. The van der Waals surface area contributed by atoms with Gasteiger partial charge in [0, 0.05) is 34.3 Å². The van der Waals surface area contributed by atoms with Gasteiger partial charge in [0.1, 0.15) is 0 Å². The van der Waals surface area contributed by atoms with E-state index in [1.807, 2.05) is 60.7 Å². The largest absolute Gasteiger partial charge is 0.367 e. The van der Waals surface area contributed by atoms with Crippen molar-refractivity contribution in [2.75, 3.05) is 0 Å². The zero-order valence-corrected chi connectivity index (χ0v) is 16.1. The van der Waals surface area contributed by atoms with Crippen LogP contribution in [0.3, 0.4) is 0 Å². The minimum Gasteiger partial charge on any atom is -0.367 e. The highest BCUT2D eigenvalue weighted by molar-refractivity contribution is 5.89. The van der Waals surface area contributed by atoms with Crippen molar-refractivity contribution in [3.63, 3.8) is 0 Å². The number of aromatic nitrogens is 2. The zero-order valence-electron chi connectivity index (χ0n) is 15.3. The lowest BCUT2D eigenvalue weighted by molar-refractivity contribution is 0.994. The van der Waals surface area contributed by atoms with E-state index in [0.717, 1.165) is 32.9 Å². The van der Waals surface area contributed by atoms with Crippen LogP contribution in [0.15, 0.2) is 88.4 Å². The van der Waals surface area contributed by atoms with E-state index >= 15 is 0 Å². The molecule has 0 radical (unpaired) electrons. The topological polar surface area (TPSA) is 101 Å². The lowest BCUT2D eigenvalue weighted by Gasteiger charge is -1.99. The van der Waals surface area contributed by atoms with Gasteiger partial charge in [0.15, 0.2) is 0 Å². The first-order valence-corrected chi connectivity index (χ1v) is 8.63. The Morgan fingerprint density at radius 2 is 1.38 bits per heavy atom. The molecule has 2 aromatic heterocycles. The zero-order chi connectivity index (χ0) is 19.2. The van der Waals surface area contributed by atoms with Gasteiger partial charge in [-0.3, -0.25) is 9.97 Å². The third-order valence-electron chi connectivity index (χ3n) is 3.99. The quantitative estimate of drug-likeness (QED) is 0.309. The molecule has 0 aliphatic rings. The molecule has 7 nitrogen and oxygen atoms in total. The molecular weight excluding hydrogens is 386 g/mol. The van der Waals surface area contributed by atoms with E-state index in [1.54, 1.807) is 24.8 Å². The minimum atomic E-state index is 0. The van der Waals surface area contributed by atoms with Gasteiger partial charge in [-0.2, -0.15) is 10.2 Å². The standard InChI is InChI=1S/C21H17N7.ClH/c22-21(27-25-13-15-9-17-5-1-3-7-19(17)23-11-15)28-26-14-16-10-18-6-2-4-8-20(18)24-12-16;/h1-14H,(H3,22,27,28);1H. The van der Waals surface area contributed by atoms with Crippen molar-refractivity contribution in [2.24, 2.45) is 21.0 Å². The second kappa shape index (κ2) is 9.38. The third kappa shape index (κ3) is 5.12. The van der Waals surface area contributed by atoms with Crippen molar-refractivity contribution in [1.82, 2.24) is 15.4 Å². The molecule has 4 aromatic rings. The summed E-state index contributed by atoms with van der Waals surface area (Å²) < 4.78 is 0. The van der Waals surface area contributed by atoms with E-state index in [1.165, 1.54) is 0 Å².